The highest BCUT2D eigenvalue weighted by atomic mass is 16.7. The van der Waals surface area contributed by atoms with Crippen LogP contribution in [0.5, 0.6) is 0 Å². The van der Waals surface area contributed by atoms with E-state index in [1.54, 1.807) is 0 Å². The van der Waals surface area contributed by atoms with Crippen LogP contribution in [0, 0.1) is 5.92 Å². The van der Waals surface area contributed by atoms with Crippen molar-refractivity contribution in [2.75, 3.05) is 38.3 Å². The van der Waals surface area contributed by atoms with Crippen molar-refractivity contribution >= 4 is 23.6 Å². The lowest BCUT2D eigenvalue weighted by atomic mass is 9.84. The van der Waals surface area contributed by atoms with Gasteiger partial charge in [-0.1, -0.05) is 122 Å². The van der Waals surface area contributed by atoms with Gasteiger partial charge in [-0.05, 0) is 64.4 Å². The third-order valence-electron chi connectivity index (χ3n) is 12.6. The van der Waals surface area contributed by atoms with Gasteiger partial charge in [-0.2, -0.15) is 0 Å². The van der Waals surface area contributed by atoms with Gasteiger partial charge >= 0.3 is 12.0 Å². The predicted octanol–water partition coefficient (Wildman–Crippen LogP) is 6.65. The van der Waals surface area contributed by atoms with Gasteiger partial charge in [-0.15, -0.1) is 0 Å². The number of urea groups is 1. The topological polar surface area (TPSA) is 142 Å². The highest BCUT2D eigenvalue weighted by molar-refractivity contribution is 5.93. The summed E-state index contributed by atoms with van der Waals surface area (Å²) in [5, 5.41) is 18.5. The Morgan fingerprint density at radius 3 is 2.19 bits per heavy atom. The SMILES string of the molecule is COC(=O)C(Cc1ccccc1)NC(=O)NCc1cccc(-c2ccc(C3OC(CN4CCC5(CC4)C(=O)NCN5c4ccccc4)C(C)C(c4ccc(CO)cc4)O3)cc2)c1. The number of rotatable bonds is 13. The Kier molecular flexibility index (Phi) is 13.3. The van der Waals surface area contributed by atoms with Gasteiger partial charge < -0.3 is 45.1 Å². The lowest BCUT2D eigenvalue weighted by Gasteiger charge is -2.46. The summed E-state index contributed by atoms with van der Waals surface area (Å²) < 4.78 is 18.6. The molecule has 0 aliphatic carbocycles. The molecule has 322 valence electrons. The quantitative estimate of drug-likeness (QED) is 0.0960. The van der Waals surface area contributed by atoms with Gasteiger partial charge in [0.2, 0.25) is 5.91 Å². The summed E-state index contributed by atoms with van der Waals surface area (Å²) in [6.07, 6.45) is 0.724. The minimum Gasteiger partial charge on any atom is -0.467 e. The molecule has 0 radical (unpaired) electrons. The molecule has 3 aliphatic heterocycles. The summed E-state index contributed by atoms with van der Waals surface area (Å²) in [4.78, 5) is 43.4. The minimum absolute atomic E-state index is 0.0191. The zero-order valence-corrected chi connectivity index (χ0v) is 35.2. The molecule has 5 aromatic rings. The second-order valence-corrected chi connectivity index (χ2v) is 16.5. The van der Waals surface area contributed by atoms with Crippen molar-refractivity contribution in [1.29, 1.82) is 0 Å². The van der Waals surface area contributed by atoms with Crippen molar-refractivity contribution in [2.45, 2.75) is 69.4 Å². The number of nitrogens with one attached hydrogen (secondary N) is 3. The van der Waals surface area contributed by atoms with Crippen LogP contribution in [0.2, 0.25) is 0 Å². The van der Waals surface area contributed by atoms with Crippen molar-refractivity contribution in [1.82, 2.24) is 20.9 Å². The number of hydrogen-bond acceptors (Lipinski definition) is 9. The molecule has 5 aromatic carbocycles. The molecule has 62 heavy (non-hydrogen) atoms. The summed E-state index contributed by atoms with van der Waals surface area (Å²) in [5.74, 6) is -0.393. The number of amides is 3. The van der Waals surface area contributed by atoms with E-state index in [1.165, 1.54) is 7.11 Å². The Bertz CT molecular complexity index is 2280. The van der Waals surface area contributed by atoms with E-state index in [0.29, 0.717) is 19.6 Å². The number of piperidine rings is 1. The van der Waals surface area contributed by atoms with E-state index in [-0.39, 0.29) is 37.2 Å². The van der Waals surface area contributed by atoms with Crippen LogP contribution < -0.4 is 20.9 Å². The third-order valence-corrected chi connectivity index (χ3v) is 12.6. The first-order valence-corrected chi connectivity index (χ1v) is 21.4. The predicted molar refractivity (Wildman–Crippen MR) is 237 cm³/mol. The summed E-state index contributed by atoms with van der Waals surface area (Å²) >= 11 is 0. The van der Waals surface area contributed by atoms with E-state index in [1.807, 2.05) is 109 Å². The number of aliphatic hydroxyl groups excluding tert-OH is 1. The zero-order chi connectivity index (χ0) is 43.1. The average Bonchev–Trinajstić information content (AvgIpc) is 3.63. The van der Waals surface area contributed by atoms with Gasteiger partial charge in [0.15, 0.2) is 6.29 Å². The highest BCUT2D eigenvalue weighted by Crippen LogP contribution is 2.43. The first-order valence-electron chi connectivity index (χ1n) is 21.4. The number of benzene rings is 5. The Hall–Kier alpha value is -6.05. The van der Waals surface area contributed by atoms with Gasteiger partial charge in [-0.25, -0.2) is 9.59 Å². The Labute approximate surface area is 363 Å². The van der Waals surface area contributed by atoms with Gasteiger partial charge in [0.1, 0.15) is 11.6 Å². The van der Waals surface area contributed by atoms with Crippen molar-refractivity contribution in [2.24, 2.45) is 5.92 Å². The number of carbonyl (C=O) groups excluding carboxylic acids is 3. The maximum Gasteiger partial charge on any atom is 0.328 e. The molecule has 0 aromatic heterocycles. The van der Waals surface area contributed by atoms with E-state index in [0.717, 1.165) is 70.6 Å². The van der Waals surface area contributed by atoms with Crippen LogP contribution in [0.25, 0.3) is 11.1 Å². The Morgan fingerprint density at radius 2 is 1.50 bits per heavy atom. The van der Waals surface area contributed by atoms with Crippen LogP contribution in [0.3, 0.4) is 0 Å². The third kappa shape index (κ3) is 9.54. The van der Waals surface area contributed by atoms with Crippen LogP contribution in [-0.2, 0) is 43.4 Å². The molecular formula is C50H55N5O7. The second-order valence-electron chi connectivity index (χ2n) is 16.5. The number of carbonyl (C=O) groups is 3. The van der Waals surface area contributed by atoms with Gasteiger partial charge in [0.05, 0.1) is 32.6 Å². The molecule has 3 amide bonds. The van der Waals surface area contributed by atoms with Crippen LogP contribution in [-0.4, -0.2) is 79.0 Å². The first-order chi connectivity index (χ1) is 30.2. The molecule has 0 bridgehead atoms. The fourth-order valence-electron chi connectivity index (χ4n) is 8.99. The standard InChI is InChI=1S/C50H55N5O7/c1-34-44(31-54-26-24-50(25-27-54)48(58)52-33-55(50)42-14-7-4-8-15-42)61-47(62-45(34)39-18-16-36(32-56)17-19-39)40-22-20-38(21-23-40)41-13-9-12-37(28-41)30-51-49(59)53-43(46(57)60-2)29-35-10-5-3-6-11-35/h3-23,28,34,43-45,47,56H,24-27,29-33H2,1-2H3,(H,52,58)(H2,51,53,59). The van der Waals surface area contributed by atoms with Gasteiger partial charge in [0.25, 0.3) is 0 Å². The lowest BCUT2D eigenvalue weighted by Crippen LogP contribution is -2.57. The van der Waals surface area contributed by atoms with Crippen LogP contribution in [0.4, 0.5) is 10.5 Å². The number of anilines is 1. The molecule has 3 heterocycles. The number of para-hydroxylation sites is 1. The molecule has 4 N–H and O–H groups in total. The van der Waals surface area contributed by atoms with Crippen molar-refractivity contribution in [3.63, 3.8) is 0 Å². The van der Waals surface area contributed by atoms with E-state index in [4.69, 9.17) is 14.2 Å². The molecule has 8 rings (SSSR count). The van der Waals surface area contributed by atoms with Gasteiger partial charge in [-0.3, -0.25) is 4.79 Å². The van der Waals surface area contributed by atoms with Crippen molar-refractivity contribution in [3.8, 4) is 11.1 Å². The lowest BCUT2D eigenvalue weighted by molar-refractivity contribution is -0.276. The molecule has 1 spiro atoms. The molecule has 5 atom stereocenters. The van der Waals surface area contributed by atoms with Gasteiger partial charge in [0, 0.05) is 49.8 Å². The normalized spacial score (nSPS) is 21.5. The maximum atomic E-state index is 13.4. The Morgan fingerprint density at radius 1 is 0.823 bits per heavy atom. The number of methoxy groups -OCH3 is 1. The maximum absolute atomic E-state index is 13.4. The smallest absolute Gasteiger partial charge is 0.328 e. The van der Waals surface area contributed by atoms with E-state index >= 15 is 0 Å². The van der Waals surface area contributed by atoms with Crippen molar-refractivity contribution in [3.05, 3.63) is 161 Å². The molecule has 3 fully saturated rings. The first kappa shape index (κ1) is 42.6. The van der Waals surface area contributed by atoms with Crippen LogP contribution >= 0.6 is 0 Å². The number of likely N-dealkylation sites (tertiary alicyclic amines) is 1. The largest absolute Gasteiger partial charge is 0.467 e. The summed E-state index contributed by atoms with van der Waals surface area (Å²) in [6.45, 7) is 5.15. The molecule has 0 saturated carbocycles. The second kappa shape index (κ2) is 19.3. The molecule has 5 unspecified atom stereocenters. The number of hydrogen-bond donors (Lipinski definition) is 4. The van der Waals surface area contributed by atoms with E-state index in [9.17, 15) is 19.5 Å². The Balaban J connectivity index is 0.935. The molecular weight excluding hydrogens is 783 g/mol. The molecule has 12 heteroatoms. The van der Waals surface area contributed by atoms with Crippen molar-refractivity contribution < 1.29 is 33.7 Å². The van der Waals surface area contributed by atoms with E-state index < -0.39 is 29.9 Å². The highest BCUT2D eigenvalue weighted by Gasteiger charge is 2.51. The number of ether oxygens (including phenoxy) is 3. The minimum atomic E-state index is -0.824. The number of esters is 1. The van der Waals surface area contributed by atoms with Crippen LogP contribution in [0.1, 0.15) is 60.0 Å². The van der Waals surface area contributed by atoms with Crippen LogP contribution in [0.15, 0.2) is 133 Å². The number of aliphatic hydroxyl groups is 1. The average molecular weight is 838 g/mol. The monoisotopic (exact) mass is 837 g/mol. The molecule has 3 saturated heterocycles. The molecule has 12 nitrogen and oxygen atoms in total. The zero-order valence-electron chi connectivity index (χ0n) is 35.2. The van der Waals surface area contributed by atoms with E-state index in [2.05, 4.69) is 56.9 Å². The fourth-order valence-corrected chi connectivity index (χ4v) is 8.99. The fraction of sp³-hybridized carbons (Fsp3) is 0.340. The summed E-state index contributed by atoms with van der Waals surface area (Å²) in [6, 6.07) is 42.5. The summed E-state index contributed by atoms with van der Waals surface area (Å²) in [7, 11) is 1.31. The summed E-state index contributed by atoms with van der Waals surface area (Å²) in [5.41, 5.74) is 7.04. The number of nitrogens with zero attached hydrogens (tertiary/aromatic N) is 2. The molecule has 3 aliphatic rings.